The average Bonchev–Trinajstić information content (AvgIpc) is 3.06. The Bertz CT molecular complexity index is 735. The van der Waals surface area contributed by atoms with Crippen LogP contribution in [0.5, 0.6) is 5.75 Å². The fourth-order valence-corrected chi connectivity index (χ4v) is 2.97. The third-order valence-electron chi connectivity index (χ3n) is 4.18. The quantitative estimate of drug-likeness (QED) is 0.851. The van der Waals surface area contributed by atoms with E-state index in [0.717, 1.165) is 31.1 Å². The van der Waals surface area contributed by atoms with Crippen molar-refractivity contribution in [3.63, 3.8) is 0 Å². The molecule has 5 heteroatoms. The zero-order valence-corrected chi connectivity index (χ0v) is 12.7. The van der Waals surface area contributed by atoms with Crippen LogP contribution in [-0.4, -0.2) is 29.6 Å². The van der Waals surface area contributed by atoms with Gasteiger partial charge in [-0.3, -0.25) is 4.79 Å². The van der Waals surface area contributed by atoms with E-state index in [4.69, 9.17) is 4.74 Å². The highest BCUT2D eigenvalue weighted by molar-refractivity contribution is 6.01. The van der Waals surface area contributed by atoms with Crippen LogP contribution < -0.4 is 5.32 Å². The van der Waals surface area contributed by atoms with Gasteiger partial charge in [0.15, 0.2) is 6.61 Å². The molecule has 0 aliphatic heterocycles. The van der Waals surface area contributed by atoms with E-state index >= 15 is 0 Å². The number of amides is 1. The highest BCUT2D eigenvalue weighted by Gasteiger charge is 2.19. The van der Waals surface area contributed by atoms with Crippen molar-refractivity contribution in [2.45, 2.75) is 31.7 Å². The van der Waals surface area contributed by atoms with E-state index < -0.39 is 5.97 Å². The van der Waals surface area contributed by atoms with Gasteiger partial charge in [0.05, 0.1) is 0 Å². The molecule has 0 atom stereocenters. The first-order valence-corrected chi connectivity index (χ1v) is 7.82. The summed E-state index contributed by atoms with van der Waals surface area (Å²) in [6.45, 7) is -0.332. The molecule has 2 aromatic rings. The summed E-state index contributed by atoms with van der Waals surface area (Å²) in [5.74, 6) is -1.12. The van der Waals surface area contributed by atoms with Gasteiger partial charge in [-0.15, -0.1) is 0 Å². The van der Waals surface area contributed by atoms with Crippen LogP contribution in [0.1, 0.15) is 36.0 Å². The number of carbonyl (C=O) groups is 2. The molecule has 5 nitrogen and oxygen atoms in total. The molecule has 3 rings (SSSR count). The maximum absolute atomic E-state index is 12.1. The lowest BCUT2D eigenvalue weighted by Gasteiger charge is -2.12. The van der Waals surface area contributed by atoms with Gasteiger partial charge in [-0.2, -0.15) is 0 Å². The summed E-state index contributed by atoms with van der Waals surface area (Å²) in [5, 5.41) is 14.5. The van der Waals surface area contributed by atoms with Gasteiger partial charge >= 0.3 is 5.97 Å². The van der Waals surface area contributed by atoms with Gasteiger partial charge in [0.2, 0.25) is 0 Å². The third-order valence-corrected chi connectivity index (χ3v) is 4.18. The third kappa shape index (κ3) is 3.44. The van der Waals surface area contributed by atoms with Crippen molar-refractivity contribution in [3.8, 4) is 5.75 Å². The van der Waals surface area contributed by atoms with E-state index in [1.54, 1.807) is 18.2 Å². The van der Waals surface area contributed by atoms with Crippen molar-refractivity contribution >= 4 is 22.6 Å². The zero-order valence-electron chi connectivity index (χ0n) is 12.7. The topological polar surface area (TPSA) is 75.6 Å². The molecule has 120 valence electrons. The minimum atomic E-state index is -0.699. The SMILES string of the molecule is O=C(COC(=O)c1ccc2ccccc2c1O)NC1CCCC1. The highest BCUT2D eigenvalue weighted by atomic mass is 16.5. The number of hydrogen-bond donors (Lipinski definition) is 2. The van der Waals surface area contributed by atoms with Crippen LogP contribution >= 0.6 is 0 Å². The minimum absolute atomic E-state index is 0.0670. The largest absolute Gasteiger partial charge is 0.506 e. The molecule has 0 radical (unpaired) electrons. The van der Waals surface area contributed by atoms with E-state index in [1.165, 1.54) is 6.07 Å². The van der Waals surface area contributed by atoms with Gasteiger partial charge in [0, 0.05) is 11.4 Å². The van der Waals surface area contributed by atoms with E-state index in [-0.39, 0.29) is 29.9 Å². The molecular weight excluding hydrogens is 294 g/mol. The predicted molar refractivity (Wildman–Crippen MR) is 86.3 cm³/mol. The molecule has 1 aliphatic carbocycles. The number of nitrogens with one attached hydrogen (secondary N) is 1. The van der Waals surface area contributed by atoms with Gasteiger partial charge in [-0.1, -0.05) is 43.2 Å². The predicted octanol–water partition coefficient (Wildman–Crippen LogP) is 2.76. The molecule has 0 bridgehead atoms. The zero-order chi connectivity index (χ0) is 16.2. The number of carbonyl (C=O) groups excluding carboxylic acids is 2. The molecule has 1 amide bonds. The first kappa shape index (κ1) is 15.3. The Labute approximate surface area is 134 Å². The molecule has 2 aromatic carbocycles. The number of phenolic OH excluding ortho intramolecular Hbond substituents is 1. The number of phenols is 1. The number of esters is 1. The Balaban J connectivity index is 1.64. The van der Waals surface area contributed by atoms with Crippen LogP contribution in [0.4, 0.5) is 0 Å². The van der Waals surface area contributed by atoms with Crippen LogP contribution in [0, 0.1) is 0 Å². The molecule has 0 aromatic heterocycles. The van der Waals surface area contributed by atoms with E-state index in [1.807, 2.05) is 12.1 Å². The maximum Gasteiger partial charge on any atom is 0.342 e. The fraction of sp³-hybridized carbons (Fsp3) is 0.333. The summed E-state index contributed by atoms with van der Waals surface area (Å²) >= 11 is 0. The van der Waals surface area contributed by atoms with Crippen molar-refractivity contribution in [2.24, 2.45) is 0 Å². The second-order valence-electron chi connectivity index (χ2n) is 5.81. The summed E-state index contributed by atoms with van der Waals surface area (Å²) in [5.41, 5.74) is 0.0670. The lowest BCUT2D eigenvalue weighted by molar-refractivity contribution is -0.124. The molecule has 1 fully saturated rings. The molecule has 23 heavy (non-hydrogen) atoms. The smallest absolute Gasteiger partial charge is 0.342 e. The number of aromatic hydroxyl groups is 1. The Hall–Kier alpha value is -2.56. The van der Waals surface area contributed by atoms with E-state index in [9.17, 15) is 14.7 Å². The number of benzene rings is 2. The maximum atomic E-state index is 12.1. The molecule has 0 saturated heterocycles. The summed E-state index contributed by atoms with van der Waals surface area (Å²) < 4.78 is 5.02. The number of ether oxygens (including phenoxy) is 1. The molecule has 1 aliphatic rings. The van der Waals surface area contributed by atoms with Crippen LogP contribution in [0.3, 0.4) is 0 Å². The van der Waals surface area contributed by atoms with Crippen molar-refractivity contribution in [2.75, 3.05) is 6.61 Å². The lowest BCUT2D eigenvalue weighted by atomic mass is 10.1. The molecular formula is C18H19NO4. The standard InChI is InChI=1S/C18H19NO4/c20-16(19-13-6-2-3-7-13)11-23-18(22)15-10-9-12-5-1-4-8-14(12)17(15)21/h1,4-5,8-10,13,21H,2-3,6-7,11H2,(H,19,20). The fourth-order valence-electron chi connectivity index (χ4n) is 2.97. The number of fused-ring (bicyclic) bond motifs is 1. The van der Waals surface area contributed by atoms with Crippen LogP contribution in [0.2, 0.25) is 0 Å². The van der Waals surface area contributed by atoms with E-state index in [0.29, 0.717) is 5.39 Å². The molecule has 0 unspecified atom stereocenters. The van der Waals surface area contributed by atoms with Crippen molar-refractivity contribution in [1.82, 2.24) is 5.32 Å². The molecule has 0 spiro atoms. The van der Waals surface area contributed by atoms with Gasteiger partial charge in [0.25, 0.3) is 5.91 Å². The summed E-state index contributed by atoms with van der Waals surface area (Å²) in [6, 6.07) is 10.7. The Morgan fingerprint density at radius 1 is 1.13 bits per heavy atom. The Kier molecular flexibility index (Phi) is 4.46. The van der Waals surface area contributed by atoms with Crippen molar-refractivity contribution in [1.29, 1.82) is 0 Å². The Morgan fingerprint density at radius 2 is 1.87 bits per heavy atom. The number of hydrogen-bond acceptors (Lipinski definition) is 4. The monoisotopic (exact) mass is 313 g/mol. The Morgan fingerprint density at radius 3 is 2.65 bits per heavy atom. The molecule has 1 saturated carbocycles. The van der Waals surface area contributed by atoms with Gasteiger partial charge in [-0.25, -0.2) is 4.79 Å². The summed E-state index contributed by atoms with van der Waals surface area (Å²) in [4.78, 5) is 23.9. The average molecular weight is 313 g/mol. The first-order valence-electron chi connectivity index (χ1n) is 7.82. The highest BCUT2D eigenvalue weighted by Crippen LogP contribution is 2.28. The summed E-state index contributed by atoms with van der Waals surface area (Å²) in [6.07, 6.45) is 4.20. The van der Waals surface area contributed by atoms with Crippen LogP contribution in [-0.2, 0) is 9.53 Å². The second-order valence-corrected chi connectivity index (χ2v) is 5.81. The van der Waals surface area contributed by atoms with Crippen molar-refractivity contribution < 1.29 is 19.4 Å². The van der Waals surface area contributed by atoms with Gasteiger partial charge in [-0.05, 0) is 24.3 Å². The first-order chi connectivity index (χ1) is 11.1. The molecule has 0 heterocycles. The summed E-state index contributed by atoms with van der Waals surface area (Å²) in [7, 11) is 0. The second kappa shape index (κ2) is 6.69. The normalized spacial score (nSPS) is 14.8. The molecule has 2 N–H and O–H groups in total. The van der Waals surface area contributed by atoms with E-state index in [2.05, 4.69) is 5.32 Å². The van der Waals surface area contributed by atoms with Crippen molar-refractivity contribution in [3.05, 3.63) is 42.0 Å². The van der Waals surface area contributed by atoms with Crippen LogP contribution in [0.25, 0.3) is 10.8 Å². The minimum Gasteiger partial charge on any atom is -0.506 e. The number of rotatable bonds is 4. The lowest BCUT2D eigenvalue weighted by Crippen LogP contribution is -2.35. The van der Waals surface area contributed by atoms with Gasteiger partial charge in [0.1, 0.15) is 11.3 Å². The van der Waals surface area contributed by atoms with Gasteiger partial charge < -0.3 is 15.2 Å². The van der Waals surface area contributed by atoms with Crippen LogP contribution in [0.15, 0.2) is 36.4 Å².